The maximum atomic E-state index is 12.1. The van der Waals surface area contributed by atoms with E-state index in [4.69, 9.17) is 4.74 Å². The maximum Gasteiger partial charge on any atom is 0.387 e. The van der Waals surface area contributed by atoms with Gasteiger partial charge >= 0.3 is 12.6 Å². The van der Waals surface area contributed by atoms with Gasteiger partial charge in [-0.3, -0.25) is 9.59 Å². The van der Waals surface area contributed by atoms with E-state index in [-0.39, 0.29) is 11.5 Å². The van der Waals surface area contributed by atoms with Crippen molar-refractivity contribution in [3.05, 3.63) is 42.0 Å². The lowest BCUT2D eigenvalue weighted by Crippen LogP contribution is -2.21. The number of thioether (sulfide) groups is 1. The second kappa shape index (κ2) is 9.42. The topological polar surface area (TPSA) is 90.4 Å². The van der Waals surface area contributed by atoms with Crippen molar-refractivity contribution in [1.82, 2.24) is 9.97 Å². The van der Waals surface area contributed by atoms with Gasteiger partial charge in [0.15, 0.2) is 6.61 Å². The number of benzene rings is 1. The molecule has 0 bridgehead atoms. The van der Waals surface area contributed by atoms with Crippen molar-refractivity contribution in [2.75, 3.05) is 17.7 Å². The first kappa shape index (κ1) is 20.0. The lowest BCUT2D eigenvalue weighted by atomic mass is 10.3. The zero-order valence-corrected chi connectivity index (χ0v) is 15.8. The molecule has 7 nitrogen and oxygen atoms in total. The number of fused-ring (bicyclic) bond motifs is 1. The summed E-state index contributed by atoms with van der Waals surface area (Å²) >= 11 is 2.67. The van der Waals surface area contributed by atoms with Crippen LogP contribution in [0.4, 0.5) is 14.5 Å². The minimum atomic E-state index is -2.92. The predicted octanol–water partition coefficient (Wildman–Crippen LogP) is 3.57. The highest BCUT2D eigenvalue weighted by Gasteiger charge is 2.12. The molecule has 146 valence electrons. The summed E-state index contributed by atoms with van der Waals surface area (Å²) in [7, 11) is 0. The molecule has 0 aliphatic carbocycles. The summed E-state index contributed by atoms with van der Waals surface area (Å²) in [4.78, 5) is 32.8. The number of hydrogen-bond donors (Lipinski definition) is 1. The molecule has 0 aliphatic heterocycles. The third-order valence-electron chi connectivity index (χ3n) is 3.28. The molecule has 1 N–H and O–H groups in total. The van der Waals surface area contributed by atoms with Crippen molar-refractivity contribution in [1.29, 1.82) is 0 Å². The third kappa shape index (κ3) is 5.60. The molecule has 2 aromatic heterocycles. The van der Waals surface area contributed by atoms with Crippen molar-refractivity contribution in [3.63, 3.8) is 0 Å². The Hall–Kier alpha value is -2.79. The van der Waals surface area contributed by atoms with Gasteiger partial charge in [0, 0.05) is 11.1 Å². The molecular formula is C17H13F2N3O4S2. The Kier molecular flexibility index (Phi) is 6.71. The van der Waals surface area contributed by atoms with Crippen LogP contribution < -0.4 is 10.1 Å². The van der Waals surface area contributed by atoms with Crippen LogP contribution in [-0.2, 0) is 14.3 Å². The van der Waals surface area contributed by atoms with Crippen LogP contribution in [0.2, 0.25) is 0 Å². The average molecular weight is 425 g/mol. The van der Waals surface area contributed by atoms with E-state index in [0.717, 1.165) is 10.2 Å². The van der Waals surface area contributed by atoms with Gasteiger partial charge in [-0.05, 0) is 35.7 Å². The number of thiophene rings is 1. The standard InChI is InChI=1S/C17H13F2N3O4S2/c18-17(19)26-11-3-1-10(2-4-11)22-13(23)7-25-14(24)8-28-16-12-5-6-27-15(12)20-9-21-16/h1-6,9,17H,7-8H2,(H,22,23). The molecule has 3 rings (SSSR count). The summed E-state index contributed by atoms with van der Waals surface area (Å²) in [6, 6.07) is 7.25. The molecule has 0 spiro atoms. The molecule has 0 saturated heterocycles. The summed E-state index contributed by atoms with van der Waals surface area (Å²) in [6.45, 7) is -3.39. The molecule has 0 radical (unpaired) electrons. The van der Waals surface area contributed by atoms with Gasteiger partial charge in [-0.25, -0.2) is 9.97 Å². The zero-order valence-electron chi connectivity index (χ0n) is 14.1. The minimum Gasteiger partial charge on any atom is -0.455 e. The van der Waals surface area contributed by atoms with Gasteiger partial charge in [0.1, 0.15) is 21.9 Å². The van der Waals surface area contributed by atoms with Crippen LogP contribution in [0.1, 0.15) is 0 Å². The molecule has 1 amide bonds. The fourth-order valence-corrected chi connectivity index (χ4v) is 3.69. The van der Waals surface area contributed by atoms with Gasteiger partial charge in [-0.2, -0.15) is 8.78 Å². The highest BCUT2D eigenvalue weighted by atomic mass is 32.2. The van der Waals surface area contributed by atoms with Gasteiger partial charge in [0.05, 0.1) is 5.75 Å². The molecule has 3 aromatic rings. The molecule has 0 saturated carbocycles. The van der Waals surface area contributed by atoms with E-state index >= 15 is 0 Å². The Bertz CT molecular complexity index is 966. The van der Waals surface area contributed by atoms with E-state index in [1.165, 1.54) is 53.7 Å². The molecule has 1 aromatic carbocycles. The summed E-state index contributed by atoms with van der Waals surface area (Å²) in [5, 5.41) is 5.90. The number of anilines is 1. The molecule has 28 heavy (non-hydrogen) atoms. The Morgan fingerprint density at radius 3 is 2.71 bits per heavy atom. The van der Waals surface area contributed by atoms with Crippen LogP contribution in [0.15, 0.2) is 47.1 Å². The number of carbonyl (C=O) groups excluding carboxylic acids is 2. The van der Waals surface area contributed by atoms with Gasteiger partial charge in [0.25, 0.3) is 5.91 Å². The quantitative estimate of drug-likeness (QED) is 0.335. The van der Waals surface area contributed by atoms with E-state index in [9.17, 15) is 18.4 Å². The second-order valence-electron chi connectivity index (χ2n) is 5.22. The molecule has 0 unspecified atom stereocenters. The van der Waals surface area contributed by atoms with Gasteiger partial charge in [-0.15, -0.1) is 11.3 Å². The molecule has 0 aliphatic rings. The van der Waals surface area contributed by atoms with Crippen LogP contribution in [-0.4, -0.2) is 40.8 Å². The van der Waals surface area contributed by atoms with E-state index < -0.39 is 25.1 Å². The number of carbonyl (C=O) groups is 2. The van der Waals surface area contributed by atoms with Gasteiger partial charge in [-0.1, -0.05) is 11.8 Å². The Balaban J connectivity index is 1.42. The number of aromatic nitrogens is 2. The van der Waals surface area contributed by atoms with Crippen LogP contribution >= 0.6 is 23.1 Å². The third-order valence-corrected chi connectivity index (χ3v) is 5.08. The normalized spacial score (nSPS) is 10.8. The largest absolute Gasteiger partial charge is 0.455 e. The fourth-order valence-electron chi connectivity index (χ4n) is 2.11. The summed E-state index contributed by atoms with van der Waals surface area (Å²) in [6.07, 6.45) is 1.43. The smallest absolute Gasteiger partial charge is 0.387 e. The first-order valence-corrected chi connectivity index (χ1v) is 9.69. The fraction of sp³-hybridized carbons (Fsp3) is 0.176. The molecule has 11 heteroatoms. The molecular weight excluding hydrogens is 412 g/mol. The first-order valence-electron chi connectivity index (χ1n) is 7.82. The number of halogens is 2. The Morgan fingerprint density at radius 1 is 1.18 bits per heavy atom. The average Bonchev–Trinajstić information content (AvgIpc) is 3.15. The number of rotatable bonds is 8. The molecule has 2 heterocycles. The Labute approximate surface area is 166 Å². The van der Waals surface area contributed by atoms with Crippen LogP contribution in [0.25, 0.3) is 10.2 Å². The number of hydrogen-bond acceptors (Lipinski definition) is 8. The van der Waals surface area contributed by atoms with E-state index in [1.54, 1.807) is 0 Å². The van der Waals surface area contributed by atoms with Gasteiger partial charge < -0.3 is 14.8 Å². The number of nitrogens with one attached hydrogen (secondary N) is 1. The number of esters is 1. The van der Waals surface area contributed by atoms with E-state index in [1.807, 2.05) is 11.4 Å². The van der Waals surface area contributed by atoms with Crippen molar-refractivity contribution >= 4 is 50.9 Å². The van der Waals surface area contributed by atoms with Crippen molar-refractivity contribution in [3.8, 4) is 5.75 Å². The first-order chi connectivity index (χ1) is 13.5. The van der Waals surface area contributed by atoms with Crippen molar-refractivity contribution < 1.29 is 27.8 Å². The lowest BCUT2D eigenvalue weighted by Gasteiger charge is -2.08. The maximum absolute atomic E-state index is 12.1. The Morgan fingerprint density at radius 2 is 1.96 bits per heavy atom. The summed E-state index contributed by atoms with van der Waals surface area (Å²) in [5.74, 6) is -1.15. The summed E-state index contributed by atoms with van der Waals surface area (Å²) < 4.78 is 33.3. The van der Waals surface area contributed by atoms with E-state index in [0.29, 0.717) is 10.7 Å². The molecule has 0 fully saturated rings. The molecule has 0 atom stereocenters. The van der Waals surface area contributed by atoms with Crippen molar-refractivity contribution in [2.24, 2.45) is 0 Å². The lowest BCUT2D eigenvalue weighted by molar-refractivity contribution is -0.144. The number of alkyl halides is 2. The second-order valence-corrected chi connectivity index (χ2v) is 7.08. The minimum absolute atomic E-state index is 0.00506. The van der Waals surface area contributed by atoms with Crippen LogP contribution in [0.3, 0.4) is 0 Å². The predicted molar refractivity (Wildman–Crippen MR) is 101 cm³/mol. The van der Waals surface area contributed by atoms with Crippen LogP contribution in [0, 0.1) is 0 Å². The number of ether oxygens (including phenoxy) is 2. The number of amides is 1. The SMILES string of the molecule is O=C(COC(=O)CSc1ncnc2sccc12)Nc1ccc(OC(F)F)cc1. The van der Waals surface area contributed by atoms with Crippen LogP contribution in [0.5, 0.6) is 5.75 Å². The zero-order chi connectivity index (χ0) is 19.9. The monoisotopic (exact) mass is 425 g/mol. The number of nitrogens with zero attached hydrogens (tertiary/aromatic N) is 2. The van der Waals surface area contributed by atoms with Crippen molar-refractivity contribution in [2.45, 2.75) is 11.6 Å². The highest BCUT2D eigenvalue weighted by Crippen LogP contribution is 2.27. The van der Waals surface area contributed by atoms with Gasteiger partial charge in [0.2, 0.25) is 0 Å². The highest BCUT2D eigenvalue weighted by molar-refractivity contribution is 8.00. The van der Waals surface area contributed by atoms with E-state index in [2.05, 4.69) is 20.0 Å². The summed E-state index contributed by atoms with van der Waals surface area (Å²) in [5.41, 5.74) is 0.359.